The Kier molecular flexibility index (Phi) is 4.63. The van der Waals surface area contributed by atoms with Crippen LogP contribution in [0.4, 0.5) is 0 Å². The second-order valence-corrected chi connectivity index (χ2v) is 1.97. The third-order valence-corrected chi connectivity index (χ3v) is 1.31. The van der Waals surface area contributed by atoms with E-state index in [1.807, 2.05) is 6.92 Å². The third-order valence-electron chi connectivity index (χ3n) is 1.31. The third kappa shape index (κ3) is 2.67. The normalized spacial score (nSPS) is 13.5. The molecule has 1 unspecified atom stereocenters. The molecule has 2 heteroatoms. The lowest BCUT2D eigenvalue weighted by Crippen LogP contribution is -2.12. The van der Waals surface area contributed by atoms with Crippen molar-refractivity contribution in [3.63, 3.8) is 0 Å². The van der Waals surface area contributed by atoms with Crippen molar-refractivity contribution in [2.24, 2.45) is 5.92 Å². The van der Waals surface area contributed by atoms with Gasteiger partial charge in [0, 0.05) is 0 Å². The zero-order chi connectivity index (χ0) is 7.98. The van der Waals surface area contributed by atoms with Crippen LogP contribution in [0.5, 0.6) is 0 Å². The number of carbonyl (C=O) groups excluding carboxylic acids is 1. The first-order valence-corrected chi connectivity index (χ1v) is 3.30. The zero-order valence-corrected chi connectivity index (χ0v) is 6.46. The van der Waals surface area contributed by atoms with Crippen molar-refractivity contribution in [3.05, 3.63) is 19.1 Å². The summed E-state index contributed by atoms with van der Waals surface area (Å²) in [4.78, 5) is 10.8. The van der Waals surface area contributed by atoms with Gasteiger partial charge < -0.3 is 4.74 Å². The molecule has 0 rings (SSSR count). The first kappa shape index (κ1) is 9.21. The van der Waals surface area contributed by atoms with Crippen LogP contribution >= 0.6 is 0 Å². The van der Waals surface area contributed by atoms with Gasteiger partial charge in [-0.15, -0.1) is 0 Å². The Morgan fingerprint density at radius 1 is 1.80 bits per heavy atom. The fourth-order valence-electron chi connectivity index (χ4n) is 0.697. The molecule has 1 atom stereocenters. The van der Waals surface area contributed by atoms with E-state index in [0.717, 1.165) is 6.42 Å². The van der Waals surface area contributed by atoms with Gasteiger partial charge in [-0.3, -0.25) is 4.79 Å². The number of methoxy groups -OCH3 is 1. The van der Waals surface area contributed by atoms with Gasteiger partial charge in [-0.1, -0.05) is 19.1 Å². The summed E-state index contributed by atoms with van der Waals surface area (Å²) in [5.74, 6) is -0.315. The molecule has 1 radical (unpaired) electrons. The van der Waals surface area contributed by atoms with Gasteiger partial charge in [0.2, 0.25) is 0 Å². The average molecular weight is 141 g/mol. The summed E-state index contributed by atoms with van der Waals surface area (Å²) in [7, 11) is 1.39. The fourth-order valence-corrected chi connectivity index (χ4v) is 0.697. The Bertz CT molecular complexity index is 127. The van der Waals surface area contributed by atoms with Crippen molar-refractivity contribution in [2.75, 3.05) is 7.11 Å². The molecule has 0 aromatic heterocycles. The van der Waals surface area contributed by atoms with Gasteiger partial charge in [-0.05, 0) is 13.3 Å². The van der Waals surface area contributed by atoms with Crippen molar-refractivity contribution in [1.29, 1.82) is 0 Å². The van der Waals surface area contributed by atoms with E-state index in [0.29, 0.717) is 0 Å². The maximum Gasteiger partial charge on any atom is 0.312 e. The van der Waals surface area contributed by atoms with Crippen molar-refractivity contribution in [3.8, 4) is 0 Å². The average Bonchev–Trinajstić information content (AvgIpc) is 1.99. The van der Waals surface area contributed by atoms with Crippen LogP contribution in [0, 0.1) is 12.8 Å². The molecule has 0 saturated carbocycles. The Balaban J connectivity index is 3.93. The van der Waals surface area contributed by atoms with E-state index in [9.17, 15) is 4.79 Å². The van der Waals surface area contributed by atoms with E-state index in [4.69, 9.17) is 0 Å². The number of rotatable bonds is 3. The van der Waals surface area contributed by atoms with Crippen LogP contribution in [0.3, 0.4) is 0 Å². The van der Waals surface area contributed by atoms with Gasteiger partial charge in [-0.25, -0.2) is 0 Å². The molecule has 0 aromatic rings. The van der Waals surface area contributed by atoms with Crippen LogP contribution in [-0.2, 0) is 9.53 Å². The lowest BCUT2D eigenvalue weighted by atomic mass is 10.1. The lowest BCUT2D eigenvalue weighted by molar-refractivity contribution is -0.143. The molecule has 0 saturated heterocycles. The van der Waals surface area contributed by atoms with Crippen molar-refractivity contribution < 1.29 is 9.53 Å². The Hall–Kier alpha value is -0.790. The van der Waals surface area contributed by atoms with Crippen LogP contribution in [0.15, 0.2) is 12.2 Å². The van der Waals surface area contributed by atoms with Crippen molar-refractivity contribution in [2.45, 2.75) is 13.3 Å². The van der Waals surface area contributed by atoms with Gasteiger partial charge >= 0.3 is 5.97 Å². The predicted molar refractivity (Wildman–Crippen MR) is 40.3 cm³/mol. The van der Waals surface area contributed by atoms with Crippen molar-refractivity contribution >= 4 is 5.97 Å². The van der Waals surface area contributed by atoms with E-state index in [-0.39, 0.29) is 11.9 Å². The molecule has 2 nitrogen and oxygen atoms in total. The molecule has 0 heterocycles. The van der Waals surface area contributed by atoms with Gasteiger partial charge in [0.1, 0.15) is 0 Å². The van der Waals surface area contributed by atoms with Gasteiger partial charge in [0.05, 0.1) is 13.0 Å². The number of esters is 1. The largest absolute Gasteiger partial charge is 0.469 e. The van der Waals surface area contributed by atoms with Crippen LogP contribution in [0.25, 0.3) is 0 Å². The van der Waals surface area contributed by atoms with E-state index in [1.54, 1.807) is 12.2 Å². The maximum absolute atomic E-state index is 10.8. The minimum absolute atomic E-state index is 0.123. The second kappa shape index (κ2) is 5.03. The minimum atomic E-state index is -0.192. The molecule has 0 bridgehead atoms. The summed E-state index contributed by atoms with van der Waals surface area (Å²) in [6, 6.07) is 0. The number of allylic oxidation sites excluding steroid dienone is 1. The quantitative estimate of drug-likeness (QED) is 0.558. The van der Waals surface area contributed by atoms with E-state index in [1.165, 1.54) is 7.11 Å². The lowest BCUT2D eigenvalue weighted by Gasteiger charge is -2.05. The Morgan fingerprint density at radius 3 is 2.70 bits per heavy atom. The first-order valence-electron chi connectivity index (χ1n) is 3.30. The molecule has 0 spiro atoms. The minimum Gasteiger partial charge on any atom is -0.469 e. The zero-order valence-electron chi connectivity index (χ0n) is 6.46. The maximum atomic E-state index is 10.8. The van der Waals surface area contributed by atoms with E-state index >= 15 is 0 Å². The number of carbonyl (C=O) groups is 1. The van der Waals surface area contributed by atoms with E-state index < -0.39 is 0 Å². The smallest absolute Gasteiger partial charge is 0.312 e. The molecule has 0 aliphatic carbocycles. The van der Waals surface area contributed by atoms with E-state index in [2.05, 4.69) is 11.7 Å². The predicted octanol–water partition coefficient (Wildman–Crippen LogP) is 1.58. The monoisotopic (exact) mass is 141 g/mol. The van der Waals surface area contributed by atoms with Gasteiger partial charge in [0.15, 0.2) is 0 Å². The van der Waals surface area contributed by atoms with Crippen LogP contribution in [-0.4, -0.2) is 13.1 Å². The van der Waals surface area contributed by atoms with Gasteiger partial charge in [-0.2, -0.15) is 0 Å². The Morgan fingerprint density at radius 2 is 2.40 bits per heavy atom. The second-order valence-electron chi connectivity index (χ2n) is 1.97. The van der Waals surface area contributed by atoms with Crippen LogP contribution in [0.2, 0.25) is 0 Å². The highest BCUT2D eigenvalue weighted by Gasteiger charge is 2.11. The van der Waals surface area contributed by atoms with Crippen LogP contribution in [0.1, 0.15) is 13.3 Å². The molecule has 0 fully saturated rings. The molecule has 10 heavy (non-hydrogen) atoms. The molecule has 0 amide bonds. The number of ether oxygens (including phenoxy) is 1. The molecule has 0 aromatic carbocycles. The molecule has 57 valence electrons. The topological polar surface area (TPSA) is 26.3 Å². The Labute approximate surface area is 61.9 Å². The molecule has 0 aliphatic heterocycles. The molecule has 0 N–H and O–H groups in total. The summed E-state index contributed by atoms with van der Waals surface area (Å²) < 4.78 is 4.54. The summed E-state index contributed by atoms with van der Waals surface area (Å²) in [5.41, 5.74) is 0. The molecular weight excluding hydrogens is 128 g/mol. The standard InChI is InChI=1S/C8H13O2/c1-4-6-7(5-2)8(9)10-3/h4,6-7H,1,5H2,2-3H3. The highest BCUT2D eigenvalue weighted by Crippen LogP contribution is 2.05. The first-order chi connectivity index (χ1) is 4.76. The summed E-state index contributed by atoms with van der Waals surface area (Å²) in [6.07, 6.45) is 4.12. The molecule has 0 aliphatic rings. The number of hydrogen-bond acceptors (Lipinski definition) is 2. The summed E-state index contributed by atoms with van der Waals surface area (Å²) in [6.45, 7) is 5.43. The fraction of sp³-hybridized carbons (Fsp3) is 0.500. The van der Waals surface area contributed by atoms with Crippen molar-refractivity contribution in [1.82, 2.24) is 0 Å². The highest BCUT2D eigenvalue weighted by molar-refractivity contribution is 5.74. The SMILES string of the molecule is [CH2]C=CC(CC)C(=O)OC. The van der Waals surface area contributed by atoms with Gasteiger partial charge in [0.25, 0.3) is 0 Å². The summed E-state index contributed by atoms with van der Waals surface area (Å²) >= 11 is 0. The molecular formula is C8H13O2. The number of hydrogen-bond donors (Lipinski definition) is 0. The van der Waals surface area contributed by atoms with Crippen LogP contribution < -0.4 is 0 Å². The highest BCUT2D eigenvalue weighted by atomic mass is 16.5. The summed E-state index contributed by atoms with van der Waals surface area (Å²) in [5, 5.41) is 0.